The largest absolute Gasteiger partial charge is 0.377 e. The van der Waals surface area contributed by atoms with Crippen LogP contribution in [-0.4, -0.2) is 43.2 Å². The highest BCUT2D eigenvalue weighted by Gasteiger charge is 2.25. The monoisotopic (exact) mass is 242 g/mol. The number of morpholine rings is 1. The molecular formula is C13H26N2O2. The maximum absolute atomic E-state index is 12.1. The summed E-state index contributed by atoms with van der Waals surface area (Å²) in [5, 5.41) is 0. The highest BCUT2D eigenvalue weighted by atomic mass is 16.5. The lowest BCUT2D eigenvalue weighted by atomic mass is 10.0. The first-order valence-corrected chi connectivity index (χ1v) is 6.76. The highest BCUT2D eigenvalue weighted by molar-refractivity contribution is 5.76. The highest BCUT2D eigenvalue weighted by Crippen LogP contribution is 2.15. The van der Waals surface area contributed by atoms with Crippen LogP contribution in [0.2, 0.25) is 0 Å². The van der Waals surface area contributed by atoms with Crippen molar-refractivity contribution in [3.05, 3.63) is 0 Å². The van der Waals surface area contributed by atoms with Gasteiger partial charge in [0.2, 0.25) is 5.91 Å². The lowest BCUT2D eigenvalue weighted by Gasteiger charge is -2.35. The molecule has 0 aromatic heterocycles. The summed E-state index contributed by atoms with van der Waals surface area (Å²) in [6, 6.07) is 0.279. The summed E-state index contributed by atoms with van der Waals surface area (Å²) in [7, 11) is 0. The lowest BCUT2D eigenvalue weighted by molar-refractivity contribution is -0.140. The van der Waals surface area contributed by atoms with E-state index >= 15 is 0 Å². The molecule has 1 rings (SSSR count). The van der Waals surface area contributed by atoms with Crippen molar-refractivity contribution in [3.63, 3.8) is 0 Å². The molecule has 1 amide bonds. The summed E-state index contributed by atoms with van der Waals surface area (Å²) in [4.78, 5) is 14.1. The van der Waals surface area contributed by atoms with Crippen LogP contribution in [0.1, 0.15) is 39.5 Å². The molecule has 0 saturated carbocycles. The van der Waals surface area contributed by atoms with Gasteiger partial charge >= 0.3 is 0 Å². The van der Waals surface area contributed by atoms with E-state index in [0.29, 0.717) is 32.1 Å². The Kier molecular flexibility index (Phi) is 6.52. The van der Waals surface area contributed by atoms with Crippen LogP contribution >= 0.6 is 0 Å². The van der Waals surface area contributed by atoms with E-state index in [-0.39, 0.29) is 11.9 Å². The van der Waals surface area contributed by atoms with Crippen LogP contribution in [0.3, 0.4) is 0 Å². The average Bonchev–Trinajstić information content (AvgIpc) is 2.36. The topological polar surface area (TPSA) is 55.6 Å². The summed E-state index contributed by atoms with van der Waals surface area (Å²) in [5.41, 5.74) is 5.51. The van der Waals surface area contributed by atoms with Crippen molar-refractivity contribution in [2.75, 3.05) is 26.3 Å². The SMILES string of the molecule is CCC1COCCN1C(=O)CCC(C)CCN. The van der Waals surface area contributed by atoms with Crippen LogP contribution < -0.4 is 5.73 Å². The molecule has 0 spiro atoms. The van der Waals surface area contributed by atoms with Gasteiger partial charge in [-0.1, -0.05) is 13.8 Å². The molecule has 1 saturated heterocycles. The minimum absolute atomic E-state index is 0.279. The summed E-state index contributed by atoms with van der Waals surface area (Å²) >= 11 is 0. The summed E-state index contributed by atoms with van der Waals surface area (Å²) in [6.45, 7) is 7.11. The first-order chi connectivity index (χ1) is 8.19. The first-order valence-electron chi connectivity index (χ1n) is 6.76. The smallest absolute Gasteiger partial charge is 0.222 e. The summed E-state index contributed by atoms with van der Waals surface area (Å²) in [5.74, 6) is 0.828. The molecule has 1 aliphatic rings. The second-order valence-electron chi connectivity index (χ2n) is 4.95. The van der Waals surface area contributed by atoms with Gasteiger partial charge in [0.1, 0.15) is 0 Å². The Bertz CT molecular complexity index is 233. The summed E-state index contributed by atoms with van der Waals surface area (Å²) < 4.78 is 5.41. The fourth-order valence-corrected chi connectivity index (χ4v) is 2.26. The number of rotatable bonds is 6. The molecular weight excluding hydrogens is 216 g/mol. The van der Waals surface area contributed by atoms with Gasteiger partial charge < -0.3 is 15.4 Å². The number of hydrogen-bond donors (Lipinski definition) is 1. The predicted octanol–water partition coefficient (Wildman–Crippen LogP) is 1.39. The molecule has 2 N–H and O–H groups in total. The molecule has 1 heterocycles. The van der Waals surface area contributed by atoms with Gasteiger partial charge in [0, 0.05) is 13.0 Å². The predicted molar refractivity (Wildman–Crippen MR) is 68.7 cm³/mol. The van der Waals surface area contributed by atoms with Gasteiger partial charge in [0.25, 0.3) is 0 Å². The first kappa shape index (κ1) is 14.5. The zero-order valence-corrected chi connectivity index (χ0v) is 11.2. The Morgan fingerprint density at radius 3 is 2.94 bits per heavy atom. The normalized spacial score (nSPS) is 22.5. The van der Waals surface area contributed by atoms with Crippen molar-refractivity contribution in [3.8, 4) is 0 Å². The Morgan fingerprint density at radius 1 is 1.53 bits per heavy atom. The number of carbonyl (C=O) groups excluding carboxylic acids is 1. The maximum Gasteiger partial charge on any atom is 0.222 e. The van der Waals surface area contributed by atoms with Crippen molar-refractivity contribution >= 4 is 5.91 Å². The molecule has 0 bridgehead atoms. The van der Waals surface area contributed by atoms with E-state index in [1.807, 2.05) is 4.90 Å². The van der Waals surface area contributed by atoms with Gasteiger partial charge in [-0.15, -0.1) is 0 Å². The van der Waals surface area contributed by atoms with Crippen molar-refractivity contribution in [2.45, 2.75) is 45.6 Å². The van der Waals surface area contributed by atoms with Crippen LogP contribution in [0.25, 0.3) is 0 Å². The van der Waals surface area contributed by atoms with Crippen molar-refractivity contribution in [2.24, 2.45) is 11.7 Å². The van der Waals surface area contributed by atoms with Crippen LogP contribution in [0, 0.1) is 5.92 Å². The van der Waals surface area contributed by atoms with E-state index in [9.17, 15) is 4.79 Å². The molecule has 0 radical (unpaired) electrons. The zero-order valence-electron chi connectivity index (χ0n) is 11.2. The molecule has 0 aliphatic carbocycles. The van der Waals surface area contributed by atoms with Gasteiger partial charge in [-0.25, -0.2) is 0 Å². The molecule has 1 aliphatic heterocycles. The minimum atomic E-state index is 0.279. The number of ether oxygens (including phenoxy) is 1. The molecule has 1 fully saturated rings. The standard InChI is InChI=1S/C13H26N2O2/c1-3-12-10-17-9-8-15(12)13(16)5-4-11(2)6-7-14/h11-12H,3-10,14H2,1-2H3. The van der Waals surface area contributed by atoms with Crippen LogP contribution in [0.4, 0.5) is 0 Å². The fraction of sp³-hybridized carbons (Fsp3) is 0.923. The molecule has 2 atom stereocenters. The lowest BCUT2D eigenvalue weighted by Crippen LogP contribution is -2.48. The third kappa shape index (κ3) is 4.64. The Balaban J connectivity index is 2.34. The molecule has 0 aromatic rings. The molecule has 17 heavy (non-hydrogen) atoms. The number of nitrogens with zero attached hydrogens (tertiary/aromatic N) is 1. The van der Waals surface area contributed by atoms with E-state index in [1.165, 1.54) is 0 Å². The van der Waals surface area contributed by atoms with Crippen LogP contribution in [-0.2, 0) is 9.53 Å². The third-order valence-corrected chi connectivity index (χ3v) is 3.53. The zero-order chi connectivity index (χ0) is 12.7. The second kappa shape index (κ2) is 7.67. The van der Waals surface area contributed by atoms with E-state index < -0.39 is 0 Å². The van der Waals surface area contributed by atoms with Crippen LogP contribution in [0.15, 0.2) is 0 Å². The van der Waals surface area contributed by atoms with E-state index in [4.69, 9.17) is 10.5 Å². The summed E-state index contributed by atoms with van der Waals surface area (Å²) in [6.07, 6.45) is 3.58. The second-order valence-corrected chi connectivity index (χ2v) is 4.95. The average molecular weight is 242 g/mol. The number of amides is 1. The number of nitrogens with two attached hydrogens (primary N) is 1. The van der Waals surface area contributed by atoms with Crippen molar-refractivity contribution in [1.82, 2.24) is 4.90 Å². The molecule has 4 nitrogen and oxygen atoms in total. The number of carbonyl (C=O) groups is 1. The van der Waals surface area contributed by atoms with Gasteiger partial charge in [0.05, 0.1) is 19.3 Å². The fourth-order valence-electron chi connectivity index (χ4n) is 2.26. The quantitative estimate of drug-likeness (QED) is 0.765. The molecule has 4 heteroatoms. The Morgan fingerprint density at radius 2 is 2.29 bits per heavy atom. The van der Waals surface area contributed by atoms with Gasteiger partial charge in [-0.2, -0.15) is 0 Å². The van der Waals surface area contributed by atoms with E-state index in [0.717, 1.165) is 25.8 Å². The Labute approximate surface area is 104 Å². The molecule has 0 aromatic carbocycles. The number of hydrogen-bond acceptors (Lipinski definition) is 3. The molecule has 2 unspecified atom stereocenters. The Hall–Kier alpha value is -0.610. The van der Waals surface area contributed by atoms with Gasteiger partial charge in [0.15, 0.2) is 0 Å². The third-order valence-electron chi connectivity index (χ3n) is 3.53. The van der Waals surface area contributed by atoms with E-state index in [1.54, 1.807) is 0 Å². The van der Waals surface area contributed by atoms with Crippen molar-refractivity contribution in [1.29, 1.82) is 0 Å². The van der Waals surface area contributed by atoms with Gasteiger partial charge in [-0.3, -0.25) is 4.79 Å². The van der Waals surface area contributed by atoms with Gasteiger partial charge in [-0.05, 0) is 31.7 Å². The van der Waals surface area contributed by atoms with Crippen molar-refractivity contribution < 1.29 is 9.53 Å². The van der Waals surface area contributed by atoms with E-state index in [2.05, 4.69) is 13.8 Å². The van der Waals surface area contributed by atoms with Crippen LogP contribution in [0.5, 0.6) is 0 Å². The molecule has 100 valence electrons. The minimum Gasteiger partial charge on any atom is -0.377 e. The maximum atomic E-state index is 12.1.